The molecule has 0 atom stereocenters. The van der Waals surface area contributed by atoms with Crippen LogP contribution in [0.2, 0.25) is 0 Å². The first-order valence-electron chi connectivity index (χ1n) is 5.89. The molecule has 6 heteroatoms. The molecule has 1 aromatic rings. The van der Waals surface area contributed by atoms with Gasteiger partial charge in [0.2, 0.25) is 5.91 Å². The van der Waals surface area contributed by atoms with Crippen LogP contribution >= 0.6 is 0 Å². The highest BCUT2D eigenvalue weighted by atomic mass is 16.1. The van der Waals surface area contributed by atoms with Crippen LogP contribution in [0, 0.1) is 0 Å². The highest BCUT2D eigenvalue weighted by Gasteiger charge is 2.08. The molecule has 0 radical (unpaired) electrons. The molecule has 0 bridgehead atoms. The number of amides is 1. The van der Waals surface area contributed by atoms with Crippen molar-refractivity contribution in [2.45, 2.75) is 46.3 Å². The first-order chi connectivity index (χ1) is 8.00. The molecule has 0 aliphatic rings. The van der Waals surface area contributed by atoms with Crippen LogP contribution in [0.4, 0.5) is 0 Å². The van der Waals surface area contributed by atoms with Crippen molar-refractivity contribution in [3.63, 3.8) is 0 Å². The number of hydrogen-bond acceptors (Lipinski definition) is 4. The van der Waals surface area contributed by atoms with E-state index in [9.17, 15) is 4.79 Å². The molecule has 1 heterocycles. The largest absolute Gasteiger partial charge is 0.353 e. The average Bonchev–Trinajstić information content (AvgIpc) is 2.64. The monoisotopic (exact) mass is 239 g/mol. The van der Waals surface area contributed by atoms with E-state index in [-0.39, 0.29) is 18.0 Å². The lowest BCUT2D eigenvalue weighted by atomic mass is 10.4. The van der Waals surface area contributed by atoms with E-state index in [2.05, 4.69) is 20.7 Å². The van der Waals surface area contributed by atoms with Crippen LogP contribution < -0.4 is 10.6 Å². The number of nitrogens with zero attached hydrogens (tertiary/aromatic N) is 3. The van der Waals surface area contributed by atoms with Gasteiger partial charge in [-0.3, -0.25) is 4.79 Å². The minimum atomic E-state index is -0.00406. The molecule has 1 rings (SSSR count). The fraction of sp³-hybridized carbons (Fsp3) is 0.727. The van der Waals surface area contributed by atoms with E-state index < -0.39 is 0 Å². The van der Waals surface area contributed by atoms with Crippen molar-refractivity contribution in [2.24, 2.45) is 0 Å². The van der Waals surface area contributed by atoms with Crippen LogP contribution in [0.5, 0.6) is 0 Å². The maximum Gasteiger partial charge on any atom is 0.234 e. The number of hydrogen-bond donors (Lipinski definition) is 2. The van der Waals surface area contributed by atoms with Crippen molar-refractivity contribution < 1.29 is 4.79 Å². The van der Waals surface area contributed by atoms with Gasteiger partial charge in [0.15, 0.2) is 0 Å². The summed E-state index contributed by atoms with van der Waals surface area (Å²) in [4.78, 5) is 15.5. The van der Waals surface area contributed by atoms with Gasteiger partial charge in [-0.05, 0) is 27.7 Å². The van der Waals surface area contributed by atoms with E-state index in [0.717, 1.165) is 5.82 Å². The SMILES string of the molecule is CC(C)NC(=O)CNCc1ncnn1C(C)C. The van der Waals surface area contributed by atoms with Crippen LogP contribution in [-0.2, 0) is 11.3 Å². The van der Waals surface area contributed by atoms with Crippen LogP contribution in [-0.4, -0.2) is 33.3 Å². The quantitative estimate of drug-likeness (QED) is 0.757. The Balaban J connectivity index is 2.36. The third-order valence-corrected chi connectivity index (χ3v) is 2.15. The zero-order chi connectivity index (χ0) is 12.8. The van der Waals surface area contributed by atoms with E-state index in [1.54, 1.807) is 0 Å². The first kappa shape index (κ1) is 13.6. The topological polar surface area (TPSA) is 71.8 Å². The molecular weight excluding hydrogens is 218 g/mol. The van der Waals surface area contributed by atoms with Crippen LogP contribution in [0.25, 0.3) is 0 Å². The normalized spacial score (nSPS) is 11.2. The predicted octanol–water partition coefficient (Wildman–Crippen LogP) is 0.473. The van der Waals surface area contributed by atoms with Gasteiger partial charge >= 0.3 is 0 Å². The number of rotatable bonds is 6. The van der Waals surface area contributed by atoms with Crippen molar-refractivity contribution in [2.75, 3.05) is 6.54 Å². The van der Waals surface area contributed by atoms with Gasteiger partial charge in [0, 0.05) is 12.1 Å². The zero-order valence-corrected chi connectivity index (χ0v) is 10.9. The molecule has 0 aliphatic heterocycles. The molecule has 6 nitrogen and oxygen atoms in total. The van der Waals surface area contributed by atoms with Gasteiger partial charge in [-0.1, -0.05) is 0 Å². The summed E-state index contributed by atoms with van der Waals surface area (Å²) >= 11 is 0. The maximum atomic E-state index is 11.4. The number of nitrogens with one attached hydrogen (secondary N) is 2. The Hall–Kier alpha value is -1.43. The summed E-state index contributed by atoms with van der Waals surface area (Å²) in [7, 11) is 0. The summed E-state index contributed by atoms with van der Waals surface area (Å²) in [5.74, 6) is 0.841. The molecule has 0 aromatic carbocycles. The fourth-order valence-corrected chi connectivity index (χ4v) is 1.49. The van der Waals surface area contributed by atoms with Crippen LogP contribution in [0.1, 0.15) is 39.6 Å². The molecule has 0 saturated heterocycles. The number of aromatic nitrogens is 3. The number of carbonyl (C=O) groups is 1. The van der Waals surface area contributed by atoms with Crippen LogP contribution in [0.3, 0.4) is 0 Å². The Morgan fingerprint density at radius 2 is 2.12 bits per heavy atom. The second-order valence-electron chi connectivity index (χ2n) is 4.54. The molecule has 1 amide bonds. The highest BCUT2D eigenvalue weighted by molar-refractivity contribution is 5.78. The van der Waals surface area contributed by atoms with Gasteiger partial charge in [-0.25, -0.2) is 9.67 Å². The summed E-state index contributed by atoms with van der Waals surface area (Å²) in [5, 5.41) is 10.00. The van der Waals surface area contributed by atoms with E-state index in [4.69, 9.17) is 0 Å². The lowest BCUT2D eigenvalue weighted by Gasteiger charge is -2.11. The van der Waals surface area contributed by atoms with E-state index in [0.29, 0.717) is 13.1 Å². The second-order valence-corrected chi connectivity index (χ2v) is 4.54. The lowest BCUT2D eigenvalue weighted by Crippen LogP contribution is -2.37. The van der Waals surface area contributed by atoms with Crippen molar-refractivity contribution in [3.05, 3.63) is 12.2 Å². The third kappa shape index (κ3) is 4.52. The van der Waals surface area contributed by atoms with Crippen LogP contribution in [0.15, 0.2) is 6.33 Å². The third-order valence-electron chi connectivity index (χ3n) is 2.15. The molecule has 17 heavy (non-hydrogen) atoms. The molecule has 0 aliphatic carbocycles. The molecular formula is C11H21N5O. The number of carbonyl (C=O) groups excluding carboxylic acids is 1. The van der Waals surface area contributed by atoms with E-state index in [1.165, 1.54) is 6.33 Å². The van der Waals surface area contributed by atoms with Gasteiger partial charge in [-0.2, -0.15) is 5.10 Å². The summed E-state index contributed by atoms with van der Waals surface area (Å²) in [5.41, 5.74) is 0. The molecule has 0 saturated carbocycles. The van der Waals surface area contributed by atoms with Crippen molar-refractivity contribution in [1.29, 1.82) is 0 Å². The predicted molar refractivity (Wildman–Crippen MR) is 65.4 cm³/mol. The van der Waals surface area contributed by atoms with Crippen molar-refractivity contribution in [1.82, 2.24) is 25.4 Å². The lowest BCUT2D eigenvalue weighted by molar-refractivity contribution is -0.120. The maximum absolute atomic E-state index is 11.4. The van der Waals surface area contributed by atoms with Gasteiger partial charge in [0.05, 0.1) is 13.1 Å². The summed E-state index contributed by atoms with van der Waals surface area (Å²) in [6.45, 7) is 8.81. The van der Waals surface area contributed by atoms with E-state index >= 15 is 0 Å². The van der Waals surface area contributed by atoms with Crippen molar-refractivity contribution >= 4 is 5.91 Å². The standard InChI is InChI=1S/C11H21N5O/c1-8(2)15-11(17)6-12-5-10-13-7-14-16(10)9(3)4/h7-9,12H,5-6H2,1-4H3,(H,15,17). The fourth-order valence-electron chi connectivity index (χ4n) is 1.49. The average molecular weight is 239 g/mol. The zero-order valence-electron chi connectivity index (χ0n) is 10.9. The summed E-state index contributed by atoms with van der Waals surface area (Å²) in [6.07, 6.45) is 1.53. The Bertz CT molecular complexity index is 358. The first-order valence-corrected chi connectivity index (χ1v) is 5.89. The van der Waals surface area contributed by atoms with Gasteiger partial charge < -0.3 is 10.6 Å². The Labute approximate surface area is 102 Å². The van der Waals surface area contributed by atoms with Gasteiger partial charge in [-0.15, -0.1) is 0 Å². The molecule has 0 spiro atoms. The van der Waals surface area contributed by atoms with Gasteiger partial charge in [0.25, 0.3) is 0 Å². The molecule has 0 unspecified atom stereocenters. The minimum absolute atomic E-state index is 0.00406. The highest BCUT2D eigenvalue weighted by Crippen LogP contribution is 2.04. The van der Waals surface area contributed by atoms with E-state index in [1.807, 2.05) is 32.4 Å². The summed E-state index contributed by atoms with van der Waals surface area (Å²) < 4.78 is 1.84. The molecule has 1 aromatic heterocycles. The Kier molecular flexibility index (Phi) is 5.09. The van der Waals surface area contributed by atoms with Crippen molar-refractivity contribution in [3.8, 4) is 0 Å². The Morgan fingerprint density at radius 3 is 2.71 bits per heavy atom. The summed E-state index contributed by atoms with van der Waals surface area (Å²) in [6, 6.07) is 0.447. The molecule has 2 N–H and O–H groups in total. The molecule has 96 valence electrons. The second kappa shape index (κ2) is 6.34. The minimum Gasteiger partial charge on any atom is -0.353 e. The Morgan fingerprint density at radius 1 is 1.41 bits per heavy atom. The van der Waals surface area contributed by atoms with Gasteiger partial charge in [0.1, 0.15) is 12.2 Å². The molecule has 0 fully saturated rings. The smallest absolute Gasteiger partial charge is 0.234 e.